The number of alkyl halides is 1. The van der Waals surface area contributed by atoms with E-state index in [1.807, 2.05) is 18.2 Å². The first-order chi connectivity index (χ1) is 17.0. The third-order valence-corrected chi connectivity index (χ3v) is 6.19. The van der Waals surface area contributed by atoms with Crippen LogP contribution < -0.4 is 5.32 Å². The fourth-order valence-corrected chi connectivity index (χ4v) is 4.52. The summed E-state index contributed by atoms with van der Waals surface area (Å²) in [5, 5.41) is 7.74. The van der Waals surface area contributed by atoms with E-state index in [1.165, 1.54) is 4.90 Å². The van der Waals surface area contributed by atoms with E-state index in [1.54, 1.807) is 32.5 Å². The third kappa shape index (κ3) is 5.68. The number of para-hydroxylation sites is 1. The summed E-state index contributed by atoms with van der Waals surface area (Å²) in [4.78, 5) is 37.4. The van der Waals surface area contributed by atoms with Gasteiger partial charge in [-0.25, -0.2) is 9.18 Å². The Morgan fingerprint density at radius 3 is 2.75 bits per heavy atom. The Hall–Kier alpha value is -3.45. The molecule has 1 N–H and O–H groups in total. The summed E-state index contributed by atoms with van der Waals surface area (Å²) in [6.07, 6.45) is -1.46. The van der Waals surface area contributed by atoms with Gasteiger partial charge >= 0.3 is 6.09 Å². The number of nitrogens with zero attached hydrogens (tertiary/aromatic N) is 3. The van der Waals surface area contributed by atoms with Crippen LogP contribution in [-0.2, 0) is 26.1 Å². The number of hydrogen-bond acceptors (Lipinski definition) is 6. The van der Waals surface area contributed by atoms with Crippen LogP contribution in [0.15, 0.2) is 18.2 Å². The predicted molar refractivity (Wildman–Crippen MR) is 130 cm³/mol. The van der Waals surface area contributed by atoms with Gasteiger partial charge in [-0.2, -0.15) is 5.10 Å². The third-order valence-electron chi connectivity index (χ3n) is 6.19. The van der Waals surface area contributed by atoms with Crippen LogP contribution in [0.3, 0.4) is 0 Å². The topological polar surface area (TPSA) is 103 Å². The number of aromatic nitrogens is 2. The molecule has 0 bridgehead atoms. The molecule has 10 heteroatoms. The van der Waals surface area contributed by atoms with Crippen LogP contribution >= 0.6 is 0 Å². The quantitative estimate of drug-likeness (QED) is 0.516. The lowest BCUT2D eigenvalue weighted by atomic mass is 9.92. The molecule has 2 fully saturated rings. The smallest absolute Gasteiger partial charge is 0.410 e. The van der Waals surface area contributed by atoms with E-state index in [4.69, 9.17) is 9.47 Å². The van der Waals surface area contributed by atoms with Crippen LogP contribution in [0.25, 0.3) is 10.9 Å². The molecule has 4 rings (SSSR count). The van der Waals surface area contributed by atoms with Crippen LogP contribution in [0.1, 0.15) is 57.2 Å². The van der Waals surface area contributed by atoms with Gasteiger partial charge in [-0.05, 0) is 39.7 Å². The minimum atomic E-state index is -1.33. The first-order valence-corrected chi connectivity index (χ1v) is 12.1. The number of piperidine rings is 2. The molecule has 1 aromatic carbocycles. The van der Waals surface area contributed by atoms with Crippen molar-refractivity contribution in [1.82, 2.24) is 20.0 Å². The van der Waals surface area contributed by atoms with Crippen molar-refractivity contribution in [2.75, 3.05) is 19.7 Å². The Bertz CT molecular complexity index is 1240. The summed E-state index contributed by atoms with van der Waals surface area (Å²) in [6, 6.07) is 5.58. The molecule has 1 aromatic heterocycles. The summed E-state index contributed by atoms with van der Waals surface area (Å²) in [7, 11) is 1.78. The largest absolute Gasteiger partial charge is 0.444 e. The molecular weight excluding hydrogens is 467 g/mol. The van der Waals surface area contributed by atoms with Gasteiger partial charge < -0.3 is 14.4 Å². The van der Waals surface area contributed by atoms with Gasteiger partial charge in [-0.3, -0.25) is 19.6 Å². The maximum atomic E-state index is 14.7. The molecule has 1 unspecified atom stereocenters. The zero-order valence-corrected chi connectivity index (χ0v) is 21.0. The molecule has 0 radical (unpaired) electrons. The highest BCUT2D eigenvalue weighted by Crippen LogP contribution is 2.31. The number of amides is 3. The number of aryl methyl sites for hydroxylation is 1. The van der Waals surface area contributed by atoms with Gasteiger partial charge in [0.05, 0.1) is 35.3 Å². The van der Waals surface area contributed by atoms with Gasteiger partial charge in [0.15, 0.2) is 0 Å². The monoisotopic (exact) mass is 498 g/mol. The van der Waals surface area contributed by atoms with Crippen molar-refractivity contribution in [3.05, 3.63) is 29.5 Å². The highest BCUT2D eigenvalue weighted by Gasteiger charge is 2.34. The number of nitrogens with one attached hydrogen (secondary N) is 1. The standard InChI is InChI=1S/C26H31FN4O5/c1-26(2,3)36-25(34)31-13-12-20(19(27)15-31)35-14-6-8-16-7-5-9-17-22(29-30(4)23(16)17)18-10-11-21(32)28-24(18)33/h5,7,9,18-20H,10-15H2,1-4H3,(H,28,32,33)/t18?,19-,20+/m0/s1. The summed E-state index contributed by atoms with van der Waals surface area (Å²) < 4.78 is 27.3. The summed E-state index contributed by atoms with van der Waals surface area (Å²) in [5.74, 6) is 4.92. The Morgan fingerprint density at radius 2 is 2.06 bits per heavy atom. The molecule has 0 spiro atoms. The van der Waals surface area contributed by atoms with Crippen molar-refractivity contribution in [3.63, 3.8) is 0 Å². The lowest BCUT2D eigenvalue weighted by Gasteiger charge is -2.35. The van der Waals surface area contributed by atoms with E-state index in [2.05, 4.69) is 22.3 Å². The van der Waals surface area contributed by atoms with Crippen molar-refractivity contribution in [2.24, 2.45) is 7.05 Å². The Labute approximate surface area is 209 Å². The van der Waals surface area contributed by atoms with Crippen molar-refractivity contribution < 1.29 is 28.2 Å². The number of carbonyl (C=O) groups excluding carboxylic acids is 3. The molecule has 0 saturated carbocycles. The van der Waals surface area contributed by atoms with Gasteiger partial charge in [0.2, 0.25) is 11.8 Å². The highest BCUT2D eigenvalue weighted by molar-refractivity contribution is 6.02. The van der Waals surface area contributed by atoms with Crippen molar-refractivity contribution in [2.45, 2.75) is 63.8 Å². The molecule has 36 heavy (non-hydrogen) atoms. The maximum absolute atomic E-state index is 14.7. The first-order valence-electron chi connectivity index (χ1n) is 12.1. The maximum Gasteiger partial charge on any atom is 0.410 e. The fraction of sp³-hybridized carbons (Fsp3) is 0.538. The van der Waals surface area contributed by atoms with Crippen molar-refractivity contribution >= 4 is 28.8 Å². The second kappa shape index (κ2) is 10.3. The van der Waals surface area contributed by atoms with Crippen molar-refractivity contribution in [3.8, 4) is 11.8 Å². The minimum absolute atomic E-state index is 0.0335. The molecule has 2 saturated heterocycles. The first kappa shape index (κ1) is 25.6. The fourth-order valence-electron chi connectivity index (χ4n) is 4.52. The molecule has 0 aliphatic carbocycles. The van der Waals surface area contributed by atoms with E-state index >= 15 is 0 Å². The number of carbonyl (C=O) groups is 3. The molecule has 2 aromatic rings. The molecule has 2 aliphatic heterocycles. The number of fused-ring (bicyclic) bond motifs is 1. The normalized spacial score (nSPS) is 22.7. The van der Waals surface area contributed by atoms with E-state index < -0.39 is 29.9 Å². The van der Waals surface area contributed by atoms with E-state index in [-0.39, 0.29) is 31.4 Å². The number of hydrogen-bond donors (Lipinski definition) is 1. The molecule has 192 valence electrons. The van der Waals surface area contributed by atoms with Gasteiger partial charge in [0.25, 0.3) is 0 Å². The molecular formula is C26H31FN4O5. The molecule has 3 amide bonds. The Kier molecular flexibility index (Phi) is 7.31. The Balaban J connectivity index is 1.40. The van der Waals surface area contributed by atoms with Crippen LogP contribution in [-0.4, -0.2) is 70.2 Å². The molecule has 3 heterocycles. The van der Waals surface area contributed by atoms with Crippen LogP contribution in [0, 0.1) is 11.8 Å². The second-order valence-corrected chi connectivity index (χ2v) is 10.1. The van der Waals surface area contributed by atoms with Crippen LogP contribution in [0.4, 0.5) is 9.18 Å². The molecule has 9 nitrogen and oxygen atoms in total. The predicted octanol–water partition coefficient (Wildman–Crippen LogP) is 2.81. The number of halogens is 1. The van der Waals surface area contributed by atoms with Gasteiger partial charge in [0, 0.05) is 25.4 Å². The SMILES string of the molecule is Cn1nc(C2CCC(=O)NC2=O)c2cccc(C#CCO[C@@H]3CCN(C(=O)OC(C)(C)C)C[C@@H]3F)c21. The average Bonchev–Trinajstić information content (AvgIpc) is 3.13. The zero-order chi connectivity index (χ0) is 26.0. The summed E-state index contributed by atoms with van der Waals surface area (Å²) in [5.41, 5.74) is 1.47. The summed E-state index contributed by atoms with van der Waals surface area (Å²) >= 11 is 0. The zero-order valence-electron chi connectivity index (χ0n) is 21.0. The summed E-state index contributed by atoms with van der Waals surface area (Å²) in [6.45, 7) is 5.62. The van der Waals surface area contributed by atoms with Crippen molar-refractivity contribution in [1.29, 1.82) is 0 Å². The van der Waals surface area contributed by atoms with Gasteiger partial charge in [0.1, 0.15) is 18.4 Å². The lowest BCUT2D eigenvalue weighted by molar-refractivity contribution is -0.134. The van der Waals surface area contributed by atoms with Crippen LogP contribution in [0.2, 0.25) is 0 Å². The average molecular weight is 499 g/mol. The number of ether oxygens (including phenoxy) is 2. The minimum Gasteiger partial charge on any atom is -0.444 e. The highest BCUT2D eigenvalue weighted by atomic mass is 19.1. The Morgan fingerprint density at radius 1 is 1.28 bits per heavy atom. The number of imide groups is 1. The van der Waals surface area contributed by atoms with Gasteiger partial charge in [-0.15, -0.1) is 0 Å². The van der Waals surface area contributed by atoms with E-state index in [9.17, 15) is 18.8 Å². The second-order valence-electron chi connectivity index (χ2n) is 10.1. The number of rotatable bonds is 3. The lowest BCUT2D eigenvalue weighted by Crippen LogP contribution is -2.49. The number of benzene rings is 1. The van der Waals surface area contributed by atoms with E-state index in [0.717, 1.165) is 10.9 Å². The molecule has 3 atom stereocenters. The number of likely N-dealkylation sites (tertiary alicyclic amines) is 1. The van der Waals surface area contributed by atoms with Crippen LogP contribution in [0.5, 0.6) is 0 Å². The van der Waals surface area contributed by atoms with E-state index in [0.29, 0.717) is 30.6 Å². The molecule has 2 aliphatic rings. The van der Waals surface area contributed by atoms with Gasteiger partial charge in [-0.1, -0.05) is 24.0 Å².